The van der Waals surface area contributed by atoms with E-state index in [0.29, 0.717) is 5.69 Å². The highest BCUT2D eigenvalue weighted by Crippen LogP contribution is 2.27. The van der Waals surface area contributed by atoms with Crippen LogP contribution in [0.2, 0.25) is 0 Å². The number of fused-ring (bicyclic) bond motifs is 1. The molecule has 0 bridgehead atoms. The largest absolute Gasteiger partial charge is 0.351 e. The average molecular weight is 480 g/mol. The number of hydrogen-bond donors (Lipinski definition) is 2. The van der Waals surface area contributed by atoms with Gasteiger partial charge in [0.25, 0.3) is 11.8 Å². The maximum Gasteiger partial charge on any atom is 0.272 e. The molecule has 2 aromatic rings. The monoisotopic (exact) mass is 479 g/mol. The Morgan fingerprint density at radius 2 is 1.83 bits per heavy atom. The minimum Gasteiger partial charge on any atom is -0.351 e. The van der Waals surface area contributed by atoms with E-state index in [0.717, 1.165) is 38.5 Å². The predicted octanol–water partition coefficient (Wildman–Crippen LogP) is 3.32. The third-order valence-corrected chi connectivity index (χ3v) is 7.50. The lowest BCUT2D eigenvalue weighted by Crippen LogP contribution is -2.63. The Balaban J connectivity index is 1.41. The summed E-state index contributed by atoms with van der Waals surface area (Å²) in [7, 11) is 1.65. The molecule has 188 valence electrons. The fraction of sp³-hybridized carbons (Fsp3) is 0.556. The van der Waals surface area contributed by atoms with Crippen LogP contribution in [-0.2, 0) is 17.8 Å². The second-order valence-corrected chi connectivity index (χ2v) is 10.3. The van der Waals surface area contributed by atoms with Crippen molar-refractivity contribution >= 4 is 17.7 Å². The SMILES string of the molecule is CC(CCc1ccccc1)NC(=O)c1cc2n(n1)CC(C)(C(=O)NC1CCCCCC1)N(C)C2=O. The van der Waals surface area contributed by atoms with Crippen molar-refractivity contribution in [3.8, 4) is 0 Å². The molecule has 8 heteroatoms. The molecule has 1 aliphatic heterocycles. The van der Waals surface area contributed by atoms with E-state index in [1.807, 2.05) is 25.1 Å². The van der Waals surface area contributed by atoms with Gasteiger partial charge in [-0.05, 0) is 45.1 Å². The summed E-state index contributed by atoms with van der Waals surface area (Å²) < 4.78 is 1.51. The van der Waals surface area contributed by atoms with Gasteiger partial charge in [0.1, 0.15) is 11.2 Å². The lowest BCUT2D eigenvalue weighted by Gasteiger charge is -2.41. The molecule has 8 nitrogen and oxygen atoms in total. The number of amides is 3. The number of nitrogens with one attached hydrogen (secondary N) is 2. The van der Waals surface area contributed by atoms with Gasteiger partial charge in [0.2, 0.25) is 5.91 Å². The lowest BCUT2D eigenvalue weighted by molar-refractivity contribution is -0.133. The first-order valence-electron chi connectivity index (χ1n) is 12.8. The van der Waals surface area contributed by atoms with Crippen molar-refractivity contribution < 1.29 is 14.4 Å². The van der Waals surface area contributed by atoms with Gasteiger partial charge < -0.3 is 15.5 Å². The van der Waals surface area contributed by atoms with E-state index in [4.69, 9.17) is 0 Å². The second-order valence-electron chi connectivity index (χ2n) is 10.3. The van der Waals surface area contributed by atoms with E-state index in [1.165, 1.54) is 34.1 Å². The number of benzene rings is 1. The van der Waals surface area contributed by atoms with Gasteiger partial charge in [-0.1, -0.05) is 56.0 Å². The quantitative estimate of drug-likeness (QED) is 0.596. The molecule has 1 aromatic carbocycles. The first kappa shape index (κ1) is 24.9. The molecule has 1 aliphatic carbocycles. The van der Waals surface area contributed by atoms with Crippen LogP contribution in [0.3, 0.4) is 0 Å². The van der Waals surface area contributed by atoms with Crippen LogP contribution in [-0.4, -0.2) is 57.1 Å². The zero-order valence-corrected chi connectivity index (χ0v) is 21.0. The van der Waals surface area contributed by atoms with Crippen molar-refractivity contribution in [2.24, 2.45) is 0 Å². The van der Waals surface area contributed by atoms with E-state index in [2.05, 4.69) is 27.9 Å². The van der Waals surface area contributed by atoms with Crippen molar-refractivity contribution in [1.29, 1.82) is 0 Å². The Morgan fingerprint density at radius 3 is 2.51 bits per heavy atom. The third-order valence-electron chi connectivity index (χ3n) is 7.50. The molecule has 2 atom stereocenters. The molecular weight excluding hydrogens is 442 g/mol. The van der Waals surface area contributed by atoms with E-state index >= 15 is 0 Å². The Morgan fingerprint density at radius 1 is 1.14 bits per heavy atom. The van der Waals surface area contributed by atoms with Crippen molar-refractivity contribution in [1.82, 2.24) is 25.3 Å². The highest BCUT2D eigenvalue weighted by atomic mass is 16.2. The van der Waals surface area contributed by atoms with Gasteiger partial charge in [-0.3, -0.25) is 19.1 Å². The smallest absolute Gasteiger partial charge is 0.272 e. The number of aromatic nitrogens is 2. The fourth-order valence-electron chi connectivity index (χ4n) is 5.00. The fourth-order valence-corrected chi connectivity index (χ4v) is 5.00. The summed E-state index contributed by atoms with van der Waals surface area (Å²) in [4.78, 5) is 40.8. The van der Waals surface area contributed by atoms with E-state index in [9.17, 15) is 14.4 Å². The van der Waals surface area contributed by atoms with Crippen molar-refractivity contribution in [3.63, 3.8) is 0 Å². The molecule has 4 rings (SSSR count). The molecule has 2 aliphatic rings. The standard InChI is InChI=1S/C27H37N5O3/c1-19(15-16-20-11-7-6-8-12-20)28-24(33)22-17-23-25(34)31(3)27(2,18-32(23)30-22)26(35)29-21-13-9-4-5-10-14-21/h6-8,11-12,17,19,21H,4-5,9-10,13-16,18H2,1-3H3,(H,28,33)(H,29,35). The summed E-state index contributed by atoms with van der Waals surface area (Å²) in [6.07, 6.45) is 8.23. The summed E-state index contributed by atoms with van der Waals surface area (Å²) in [6.45, 7) is 3.94. The van der Waals surface area contributed by atoms with Gasteiger partial charge in [0, 0.05) is 25.2 Å². The molecule has 2 N–H and O–H groups in total. The zero-order chi connectivity index (χ0) is 25.0. The van der Waals surface area contributed by atoms with Crippen LogP contribution in [0.5, 0.6) is 0 Å². The molecule has 2 heterocycles. The number of aryl methyl sites for hydroxylation is 1. The molecule has 1 aromatic heterocycles. The summed E-state index contributed by atoms with van der Waals surface area (Å²) >= 11 is 0. The number of likely N-dealkylation sites (N-methyl/N-ethyl adjacent to an activating group) is 1. The first-order valence-corrected chi connectivity index (χ1v) is 12.8. The van der Waals surface area contributed by atoms with Gasteiger partial charge in [-0.2, -0.15) is 5.10 Å². The summed E-state index contributed by atoms with van der Waals surface area (Å²) in [5.41, 5.74) is 0.677. The molecule has 3 amide bonds. The number of carbonyl (C=O) groups excluding carboxylic acids is 3. The third kappa shape index (κ3) is 5.57. The topological polar surface area (TPSA) is 96.3 Å². The maximum absolute atomic E-state index is 13.3. The van der Waals surface area contributed by atoms with Crippen LogP contribution < -0.4 is 10.6 Å². The first-order chi connectivity index (χ1) is 16.8. The van der Waals surface area contributed by atoms with Gasteiger partial charge in [0.05, 0.1) is 6.54 Å². The molecule has 35 heavy (non-hydrogen) atoms. The Kier molecular flexibility index (Phi) is 7.57. The summed E-state index contributed by atoms with van der Waals surface area (Å²) in [6, 6.07) is 11.8. The normalized spacial score (nSPS) is 21.7. The van der Waals surface area contributed by atoms with Crippen LogP contribution in [0.25, 0.3) is 0 Å². The van der Waals surface area contributed by atoms with E-state index in [-0.39, 0.29) is 42.0 Å². The van der Waals surface area contributed by atoms with Gasteiger partial charge >= 0.3 is 0 Å². The molecule has 1 saturated carbocycles. The summed E-state index contributed by atoms with van der Waals surface area (Å²) in [5.74, 6) is -0.784. The molecular formula is C27H37N5O3. The van der Waals surface area contributed by atoms with Crippen LogP contribution in [0, 0.1) is 0 Å². The Bertz CT molecular complexity index is 1060. The van der Waals surface area contributed by atoms with Crippen LogP contribution >= 0.6 is 0 Å². The Labute approximate surface area is 207 Å². The zero-order valence-electron chi connectivity index (χ0n) is 21.0. The summed E-state index contributed by atoms with van der Waals surface area (Å²) in [5, 5.41) is 10.6. The predicted molar refractivity (Wildman–Crippen MR) is 134 cm³/mol. The van der Waals surface area contributed by atoms with Gasteiger partial charge in [-0.15, -0.1) is 0 Å². The highest BCUT2D eigenvalue weighted by molar-refractivity contribution is 6.01. The van der Waals surface area contributed by atoms with E-state index in [1.54, 1.807) is 14.0 Å². The number of nitrogens with zero attached hydrogens (tertiary/aromatic N) is 3. The van der Waals surface area contributed by atoms with Gasteiger partial charge in [0.15, 0.2) is 5.69 Å². The van der Waals surface area contributed by atoms with Gasteiger partial charge in [-0.25, -0.2) is 0 Å². The van der Waals surface area contributed by atoms with E-state index < -0.39 is 5.54 Å². The molecule has 0 radical (unpaired) electrons. The number of carbonyl (C=O) groups is 3. The number of hydrogen-bond acceptors (Lipinski definition) is 4. The molecule has 0 saturated heterocycles. The molecule has 0 spiro atoms. The molecule has 2 unspecified atom stereocenters. The lowest BCUT2D eigenvalue weighted by atomic mass is 9.95. The molecule has 1 fully saturated rings. The van der Waals surface area contributed by atoms with Crippen LogP contribution in [0.4, 0.5) is 0 Å². The highest BCUT2D eigenvalue weighted by Gasteiger charge is 2.46. The minimum absolute atomic E-state index is 0.0459. The maximum atomic E-state index is 13.3. The minimum atomic E-state index is -1.07. The van der Waals surface area contributed by atoms with Crippen molar-refractivity contribution in [3.05, 3.63) is 53.3 Å². The van der Waals surface area contributed by atoms with Crippen LogP contribution in [0.15, 0.2) is 36.4 Å². The van der Waals surface area contributed by atoms with Crippen molar-refractivity contribution in [2.45, 2.75) is 89.4 Å². The number of rotatable bonds is 7. The second kappa shape index (κ2) is 10.6. The average Bonchev–Trinajstić information content (AvgIpc) is 3.10. The van der Waals surface area contributed by atoms with Crippen LogP contribution in [0.1, 0.15) is 85.3 Å². The Hall–Kier alpha value is -3.16. The van der Waals surface area contributed by atoms with Crippen molar-refractivity contribution in [2.75, 3.05) is 7.05 Å².